The molecule has 1 aliphatic heterocycles. The Morgan fingerprint density at radius 2 is 1.85 bits per heavy atom. The summed E-state index contributed by atoms with van der Waals surface area (Å²) in [5, 5.41) is 6.24. The molecule has 2 atom stereocenters. The van der Waals surface area contributed by atoms with Crippen molar-refractivity contribution in [2.24, 2.45) is 5.92 Å². The van der Waals surface area contributed by atoms with Crippen LogP contribution < -0.4 is 15.4 Å². The Balaban J connectivity index is 1.56. The number of methoxy groups -OCH3 is 1. The van der Waals surface area contributed by atoms with E-state index < -0.39 is 17.6 Å². The molecule has 1 saturated heterocycles. The predicted molar refractivity (Wildman–Crippen MR) is 121 cm³/mol. The molecule has 0 radical (unpaired) electrons. The summed E-state index contributed by atoms with van der Waals surface area (Å²) in [6, 6.07) is 11.1. The van der Waals surface area contributed by atoms with Crippen LogP contribution in [0.4, 0.5) is 8.78 Å². The van der Waals surface area contributed by atoms with E-state index in [-0.39, 0.29) is 30.8 Å². The van der Waals surface area contributed by atoms with Crippen LogP contribution in [0.5, 0.6) is 5.75 Å². The molecule has 1 heterocycles. The zero-order chi connectivity index (χ0) is 23.8. The minimum atomic E-state index is -0.689. The predicted octanol–water partition coefficient (Wildman–Crippen LogP) is 3.40. The average molecular weight is 460 g/mol. The molecule has 0 aliphatic carbocycles. The van der Waals surface area contributed by atoms with Crippen LogP contribution in [-0.2, 0) is 22.7 Å². The smallest absolute Gasteiger partial charge is 0.223 e. The van der Waals surface area contributed by atoms with Crippen molar-refractivity contribution in [3.63, 3.8) is 0 Å². The number of nitrogens with one attached hydrogen (secondary N) is 2. The lowest BCUT2D eigenvalue weighted by Crippen LogP contribution is -2.41. The van der Waals surface area contributed by atoms with Gasteiger partial charge in [-0.15, -0.1) is 0 Å². The van der Waals surface area contributed by atoms with E-state index >= 15 is 0 Å². The molecule has 2 aromatic carbocycles. The molecule has 0 saturated carbocycles. The third-order valence-corrected chi connectivity index (χ3v) is 5.94. The number of nitrogens with zero attached hydrogens (tertiary/aromatic N) is 1. The van der Waals surface area contributed by atoms with Gasteiger partial charge in [0, 0.05) is 51.1 Å². The van der Waals surface area contributed by atoms with E-state index in [1.807, 2.05) is 24.3 Å². The molecule has 2 amide bonds. The lowest BCUT2D eigenvalue weighted by Gasteiger charge is -2.24. The Kier molecular flexibility index (Phi) is 8.77. The molecule has 2 unspecified atom stereocenters. The van der Waals surface area contributed by atoms with Gasteiger partial charge in [-0.2, -0.15) is 0 Å². The van der Waals surface area contributed by atoms with Crippen molar-refractivity contribution in [3.8, 4) is 5.75 Å². The SMILES string of the molecule is COc1cccc(CNC2CCCC(C(=O)NCc3cc(F)cc(F)c3)CC(=O)N(C)C2)c1. The van der Waals surface area contributed by atoms with Crippen molar-refractivity contribution in [2.45, 2.75) is 44.8 Å². The maximum absolute atomic E-state index is 13.4. The van der Waals surface area contributed by atoms with Gasteiger partial charge in [-0.1, -0.05) is 18.6 Å². The number of hydrogen-bond donors (Lipinski definition) is 2. The summed E-state index contributed by atoms with van der Waals surface area (Å²) in [6.45, 7) is 1.22. The van der Waals surface area contributed by atoms with Crippen LogP contribution in [0.15, 0.2) is 42.5 Å². The molecule has 178 valence electrons. The number of carbonyl (C=O) groups excluding carboxylic acids is 2. The summed E-state index contributed by atoms with van der Waals surface area (Å²) in [5.41, 5.74) is 1.43. The highest BCUT2D eigenvalue weighted by Crippen LogP contribution is 2.20. The molecule has 0 aromatic heterocycles. The largest absolute Gasteiger partial charge is 0.497 e. The molecule has 2 aromatic rings. The molecular weight excluding hydrogens is 428 g/mol. The monoisotopic (exact) mass is 459 g/mol. The molecule has 0 bridgehead atoms. The molecule has 33 heavy (non-hydrogen) atoms. The van der Waals surface area contributed by atoms with Crippen LogP contribution in [0.2, 0.25) is 0 Å². The first-order valence-corrected chi connectivity index (χ1v) is 11.2. The van der Waals surface area contributed by atoms with Gasteiger partial charge >= 0.3 is 0 Å². The molecule has 3 rings (SSSR count). The van der Waals surface area contributed by atoms with Crippen molar-refractivity contribution >= 4 is 11.8 Å². The van der Waals surface area contributed by atoms with Gasteiger partial charge in [0.1, 0.15) is 17.4 Å². The number of amides is 2. The molecular formula is C25H31F2N3O3. The summed E-state index contributed by atoms with van der Waals surface area (Å²) in [4.78, 5) is 27.1. The third-order valence-electron chi connectivity index (χ3n) is 5.94. The summed E-state index contributed by atoms with van der Waals surface area (Å²) < 4.78 is 32.0. The van der Waals surface area contributed by atoms with E-state index in [4.69, 9.17) is 4.74 Å². The lowest BCUT2D eigenvalue weighted by molar-refractivity contribution is -0.135. The van der Waals surface area contributed by atoms with Gasteiger partial charge in [-0.3, -0.25) is 9.59 Å². The minimum Gasteiger partial charge on any atom is -0.497 e. The van der Waals surface area contributed by atoms with Crippen molar-refractivity contribution in [1.82, 2.24) is 15.5 Å². The molecule has 8 heteroatoms. The summed E-state index contributed by atoms with van der Waals surface area (Å²) in [7, 11) is 3.38. The second kappa shape index (κ2) is 11.7. The maximum Gasteiger partial charge on any atom is 0.223 e. The van der Waals surface area contributed by atoms with Crippen molar-refractivity contribution in [2.75, 3.05) is 20.7 Å². The van der Waals surface area contributed by atoms with Gasteiger partial charge < -0.3 is 20.3 Å². The van der Waals surface area contributed by atoms with Crippen LogP contribution in [0.1, 0.15) is 36.8 Å². The van der Waals surface area contributed by atoms with E-state index in [1.165, 1.54) is 12.1 Å². The fourth-order valence-corrected chi connectivity index (χ4v) is 4.08. The van der Waals surface area contributed by atoms with E-state index in [0.29, 0.717) is 25.1 Å². The Morgan fingerprint density at radius 1 is 1.09 bits per heavy atom. The van der Waals surface area contributed by atoms with Crippen LogP contribution in [-0.4, -0.2) is 43.5 Å². The van der Waals surface area contributed by atoms with E-state index in [9.17, 15) is 18.4 Å². The first-order chi connectivity index (χ1) is 15.8. The van der Waals surface area contributed by atoms with Gasteiger partial charge in [0.15, 0.2) is 0 Å². The number of benzene rings is 2. The van der Waals surface area contributed by atoms with Crippen LogP contribution in [0, 0.1) is 17.6 Å². The third kappa shape index (κ3) is 7.53. The van der Waals surface area contributed by atoms with Crippen LogP contribution in [0.3, 0.4) is 0 Å². The maximum atomic E-state index is 13.4. The Morgan fingerprint density at radius 3 is 2.58 bits per heavy atom. The highest BCUT2D eigenvalue weighted by Gasteiger charge is 2.27. The second-order valence-electron chi connectivity index (χ2n) is 8.53. The minimum absolute atomic E-state index is 0.0127. The van der Waals surface area contributed by atoms with E-state index in [1.54, 1.807) is 19.1 Å². The van der Waals surface area contributed by atoms with Gasteiger partial charge in [-0.05, 0) is 48.2 Å². The zero-order valence-corrected chi connectivity index (χ0v) is 19.1. The fraction of sp³-hybridized carbons (Fsp3) is 0.440. The van der Waals surface area contributed by atoms with Crippen LogP contribution in [0.25, 0.3) is 0 Å². The van der Waals surface area contributed by atoms with Crippen molar-refractivity contribution < 1.29 is 23.1 Å². The summed E-state index contributed by atoms with van der Waals surface area (Å²) in [6.07, 6.45) is 2.28. The highest BCUT2D eigenvalue weighted by molar-refractivity contribution is 5.85. The lowest BCUT2D eigenvalue weighted by atomic mass is 9.96. The second-order valence-corrected chi connectivity index (χ2v) is 8.53. The van der Waals surface area contributed by atoms with E-state index in [0.717, 1.165) is 30.2 Å². The number of likely N-dealkylation sites (N-methyl/N-ethyl adjacent to an activating group) is 1. The molecule has 1 aliphatic rings. The number of hydrogen-bond acceptors (Lipinski definition) is 4. The number of halogens is 2. The summed E-state index contributed by atoms with van der Waals surface area (Å²) >= 11 is 0. The standard InChI is InChI=1S/C25H31F2N3O3/c1-30-16-22(28-14-17-5-3-8-23(11-17)33-2)7-4-6-19(12-24(30)31)25(32)29-15-18-9-20(26)13-21(27)10-18/h3,5,8-11,13,19,22,28H,4,6-7,12,14-16H2,1-2H3,(H,29,32). The van der Waals surface area contributed by atoms with E-state index in [2.05, 4.69) is 10.6 Å². The molecule has 1 fully saturated rings. The van der Waals surface area contributed by atoms with Gasteiger partial charge in [-0.25, -0.2) is 8.78 Å². The van der Waals surface area contributed by atoms with Gasteiger partial charge in [0.2, 0.25) is 11.8 Å². The van der Waals surface area contributed by atoms with Gasteiger partial charge in [0.05, 0.1) is 7.11 Å². The average Bonchev–Trinajstić information content (AvgIpc) is 2.85. The molecule has 6 nitrogen and oxygen atoms in total. The Bertz CT molecular complexity index is 949. The quantitative estimate of drug-likeness (QED) is 0.666. The topological polar surface area (TPSA) is 70.7 Å². The Labute approximate surface area is 193 Å². The molecule has 0 spiro atoms. The number of ether oxygens (including phenoxy) is 1. The van der Waals surface area contributed by atoms with Crippen molar-refractivity contribution in [3.05, 3.63) is 65.2 Å². The fourth-order valence-electron chi connectivity index (χ4n) is 4.08. The highest BCUT2D eigenvalue weighted by atomic mass is 19.1. The first kappa shape index (κ1) is 24.6. The van der Waals surface area contributed by atoms with Crippen LogP contribution >= 0.6 is 0 Å². The normalized spacial score (nSPS) is 19.4. The first-order valence-electron chi connectivity index (χ1n) is 11.2. The number of carbonyl (C=O) groups is 2. The van der Waals surface area contributed by atoms with Gasteiger partial charge in [0.25, 0.3) is 0 Å². The molecule has 2 N–H and O–H groups in total. The number of rotatable bonds is 7. The van der Waals surface area contributed by atoms with Crippen molar-refractivity contribution in [1.29, 1.82) is 0 Å². The summed E-state index contributed by atoms with van der Waals surface area (Å²) in [5.74, 6) is -1.43. The zero-order valence-electron chi connectivity index (χ0n) is 19.1. The Hall–Kier alpha value is -3.00.